The van der Waals surface area contributed by atoms with Gasteiger partial charge in [-0.15, -0.1) is 0 Å². The van der Waals surface area contributed by atoms with Crippen LogP contribution in [0.1, 0.15) is 157 Å². The van der Waals surface area contributed by atoms with Crippen LogP contribution >= 0.6 is 0 Å². The summed E-state index contributed by atoms with van der Waals surface area (Å²) < 4.78 is 9.44. The number of hydrogen-bond donors (Lipinski definition) is 0. The van der Waals surface area contributed by atoms with Crippen LogP contribution in [0.5, 0.6) is 11.5 Å². The van der Waals surface area contributed by atoms with Crippen LogP contribution in [-0.2, 0) is 32.5 Å². The van der Waals surface area contributed by atoms with E-state index in [2.05, 4.69) is 266 Å². The van der Waals surface area contributed by atoms with Crippen molar-refractivity contribution in [2.24, 2.45) is 0 Å². The van der Waals surface area contributed by atoms with Gasteiger partial charge in [0, 0.05) is 45.9 Å². The summed E-state index contributed by atoms with van der Waals surface area (Å²) in [4.78, 5) is 10.0. The molecule has 2 aromatic heterocycles. The van der Waals surface area contributed by atoms with E-state index in [1.165, 1.54) is 61.4 Å². The second-order valence-corrected chi connectivity index (χ2v) is 25.7. The molecular formula is C65H76N4O. The van der Waals surface area contributed by atoms with Gasteiger partial charge in [-0.05, 0) is 139 Å². The molecule has 6 aromatic carbocycles. The Bertz CT molecular complexity index is 3230. The van der Waals surface area contributed by atoms with Gasteiger partial charge in [-0.3, -0.25) is 4.57 Å². The number of nitrogens with zero attached hydrogens (tertiary/aromatic N) is 4. The summed E-state index contributed by atoms with van der Waals surface area (Å²) in [5.41, 5.74) is 15.5. The van der Waals surface area contributed by atoms with E-state index < -0.39 is 0 Å². The van der Waals surface area contributed by atoms with Gasteiger partial charge < -0.3 is 14.5 Å². The first-order chi connectivity index (χ1) is 32.6. The average Bonchev–Trinajstić information content (AvgIpc) is 3.83. The Hall–Kier alpha value is -6.33. The minimum Gasteiger partial charge on any atom is -0.457 e. The van der Waals surface area contributed by atoms with Crippen molar-refractivity contribution in [3.63, 3.8) is 0 Å². The van der Waals surface area contributed by atoms with Gasteiger partial charge in [-0.2, -0.15) is 0 Å². The van der Waals surface area contributed by atoms with Crippen LogP contribution in [0.4, 0.5) is 22.7 Å². The van der Waals surface area contributed by atoms with Gasteiger partial charge in [0.2, 0.25) is 0 Å². The number of fused-ring (bicyclic) bond motifs is 4. The highest BCUT2D eigenvalue weighted by molar-refractivity contribution is 6.10. The molecule has 0 spiro atoms. The molecule has 362 valence electrons. The monoisotopic (exact) mass is 929 g/mol. The third-order valence-corrected chi connectivity index (χ3v) is 14.8. The maximum atomic E-state index is 7.12. The number of benzene rings is 6. The summed E-state index contributed by atoms with van der Waals surface area (Å²) in [6.07, 6.45) is 1.95. The van der Waals surface area contributed by atoms with Crippen LogP contribution in [0, 0.1) is 0 Å². The first-order valence-electron chi connectivity index (χ1n) is 25.4. The molecule has 0 amide bonds. The lowest BCUT2D eigenvalue weighted by Crippen LogP contribution is -2.26. The fourth-order valence-corrected chi connectivity index (χ4v) is 9.90. The van der Waals surface area contributed by atoms with Crippen molar-refractivity contribution in [3.05, 3.63) is 179 Å². The third kappa shape index (κ3) is 9.25. The molecule has 70 heavy (non-hydrogen) atoms. The van der Waals surface area contributed by atoms with E-state index in [0.717, 1.165) is 39.4 Å². The molecule has 0 aliphatic carbocycles. The third-order valence-electron chi connectivity index (χ3n) is 14.8. The van der Waals surface area contributed by atoms with E-state index >= 15 is 0 Å². The minimum absolute atomic E-state index is 0.00856. The van der Waals surface area contributed by atoms with Gasteiger partial charge in [-0.25, -0.2) is 4.98 Å². The highest BCUT2D eigenvalue weighted by atomic mass is 16.5. The summed E-state index contributed by atoms with van der Waals surface area (Å²) in [7, 11) is 0. The van der Waals surface area contributed by atoms with E-state index in [9.17, 15) is 0 Å². The predicted octanol–water partition coefficient (Wildman–Crippen LogP) is 18.0. The lowest BCUT2D eigenvalue weighted by atomic mass is 9.78. The van der Waals surface area contributed by atoms with Crippen molar-refractivity contribution in [1.82, 2.24) is 9.55 Å². The molecule has 9 rings (SSSR count). The first kappa shape index (κ1) is 48.7. The Morgan fingerprint density at radius 1 is 0.386 bits per heavy atom. The summed E-state index contributed by atoms with van der Waals surface area (Å²) in [6, 6.07) is 49.9. The maximum Gasteiger partial charge on any atom is 0.137 e. The van der Waals surface area contributed by atoms with E-state index in [-0.39, 0.29) is 32.5 Å². The fourth-order valence-electron chi connectivity index (χ4n) is 9.90. The lowest BCUT2D eigenvalue weighted by Gasteiger charge is -2.30. The molecule has 0 fully saturated rings. The molecule has 0 bridgehead atoms. The zero-order valence-corrected chi connectivity index (χ0v) is 45.2. The number of rotatable bonds is 7. The van der Waals surface area contributed by atoms with Crippen molar-refractivity contribution in [3.8, 4) is 17.3 Å². The lowest BCUT2D eigenvalue weighted by molar-refractivity contribution is 0.479. The number of pyridine rings is 1. The Morgan fingerprint density at radius 2 is 0.943 bits per heavy atom. The van der Waals surface area contributed by atoms with Gasteiger partial charge in [0.25, 0.3) is 0 Å². The largest absolute Gasteiger partial charge is 0.457 e. The summed E-state index contributed by atoms with van der Waals surface area (Å²) in [6.45, 7) is 39.8. The quantitative estimate of drug-likeness (QED) is 0.159. The van der Waals surface area contributed by atoms with Crippen molar-refractivity contribution in [2.45, 2.75) is 150 Å². The Kier molecular flexibility index (Phi) is 11.8. The van der Waals surface area contributed by atoms with Gasteiger partial charge in [0.15, 0.2) is 0 Å². The minimum atomic E-state index is -0.194. The number of aromatic nitrogens is 2. The normalized spacial score (nSPS) is 14.0. The van der Waals surface area contributed by atoms with Crippen LogP contribution in [0.25, 0.3) is 27.6 Å². The molecule has 1 aliphatic rings. The zero-order chi connectivity index (χ0) is 50.5. The molecule has 5 heteroatoms. The van der Waals surface area contributed by atoms with Crippen molar-refractivity contribution >= 4 is 44.6 Å². The van der Waals surface area contributed by atoms with E-state index in [1.807, 2.05) is 6.20 Å². The summed E-state index contributed by atoms with van der Waals surface area (Å²) in [5.74, 6) is 2.48. The van der Waals surface area contributed by atoms with Crippen LogP contribution < -0.4 is 14.5 Å². The standard InChI is InChI=1S/C65H76N4O/c1-60(2,3)43-23-28-56-58(37-43)68(49-32-46(62(7,8)9)31-47(33-49)63(10,11)12)41-67(56)50-34-48(64(13,14)15)35-52(39-50)70-51-25-26-53-54-36-45(65(16,17)42-21-19-18-20-22-42)24-27-55(54)69(57(53)40-51)59-38-44(29-30-66-59)61(4,5)6/h18-40H,41H2,1-17H3. The molecule has 0 atom stereocenters. The fraction of sp³-hybridized carbons (Fsp3) is 0.369. The molecule has 1 aliphatic heterocycles. The van der Waals surface area contributed by atoms with Crippen LogP contribution in [-0.4, -0.2) is 16.2 Å². The van der Waals surface area contributed by atoms with E-state index in [4.69, 9.17) is 9.72 Å². The van der Waals surface area contributed by atoms with Crippen molar-refractivity contribution in [1.29, 1.82) is 0 Å². The molecule has 0 N–H and O–H groups in total. The number of hydrogen-bond acceptors (Lipinski definition) is 4. The topological polar surface area (TPSA) is 33.5 Å². The Balaban J connectivity index is 1.18. The predicted molar refractivity (Wildman–Crippen MR) is 299 cm³/mol. The van der Waals surface area contributed by atoms with Crippen molar-refractivity contribution in [2.75, 3.05) is 16.5 Å². The smallest absolute Gasteiger partial charge is 0.137 e. The number of anilines is 4. The highest BCUT2D eigenvalue weighted by Gasteiger charge is 2.33. The van der Waals surface area contributed by atoms with Crippen molar-refractivity contribution < 1.29 is 4.74 Å². The summed E-state index contributed by atoms with van der Waals surface area (Å²) >= 11 is 0. The average molecular weight is 929 g/mol. The highest BCUT2D eigenvalue weighted by Crippen LogP contribution is 2.49. The maximum absolute atomic E-state index is 7.12. The van der Waals surface area contributed by atoms with Crippen LogP contribution in [0.15, 0.2) is 140 Å². The Morgan fingerprint density at radius 3 is 1.56 bits per heavy atom. The molecule has 0 unspecified atom stereocenters. The second kappa shape index (κ2) is 16.9. The molecular weight excluding hydrogens is 853 g/mol. The SMILES string of the molecule is CC(C)(C)c1cc(Oc2ccc3c4cc(C(C)(C)c5ccccc5)ccc4n(-c4cc(C(C)(C)C)ccn4)c3c2)cc(N2CN(c3cc(C(C)(C)C)cc(C(C)(C)C)c3)c3cc(C(C)(C)C)ccc32)c1. The van der Waals surface area contributed by atoms with Crippen LogP contribution in [0.3, 0.4) is 0 Å². The van der Waals surface area contributed by atoms with Gasteiger partial charge >= 0.3 is 0 Å². The molecule has 3 heterocycles. The van der Waals surface area contributed by atoms with Crippen LogP contribution in [0.2, 0.25) is 0 Å². The number of ether oxygens (including phenoxy) is 1. The van der Waals surface area contributed by atoms with Gasteiger partial charge in [0.05, 0.1) is 22.4 Å². The Labute approximate surface area is 419 Å². The van der Waals surface area contributed by atoms with E-state index in [0.29, 0.717) is 6.67 Å². The molecule has 5 nitrogen and oxygen atoms in total. The molecule has 8 aromatic rings. The first-order valence-corrected chi connectivity index (χ1v) is 25.4. The molecule has 0 saturated carbocycles. The van der Waals surface area contributed by atoms with Gasteiger partial charge in [-0.1, -0.05) is 166 Å². The zero-order valence-electron chi connectivity index (χ0n) is 45.2. The molecule has 0 saturated heterocycles. The second-order valence-electron chi connectivity index (χ2n) is 25.7. The molecule has 0 radical (unpaired) electrons. The summed E-state index contributed by atoms with van der Waals surface area (Å²) in [5, 5.41) is 2.35. The van der Waals surface area contributed by atoms with E-state index in [1.54, 1.807) is 0 Å². The van der Waals surface area contributed by atoms with Gasteiger partial charge in [0.1, 0.15) is 24.0 Å².